The summed E-state index contributed by atoms with van der Waals surface area (Å²) in [6.07, 6.45) is 4.82. The molecule has 1 amide bonds. The van der Waals surface area contributed by atoms with Gasteiger partial charge in [-0.2, -0.15) is 0 Å². The third kappa shape index (κ3) is 3.51. The van der Waals surface area contributed by atoms with E-state index in [-0.39, 0.29) is 17.6 Å². The van der Waals surface area contributed by atoms with Crippen molar-refractivity contribution in [3.63, 3.8) is 0 Å². The molecule has 0 saturated carbocycles. The molecular weight excluding hydrogens is 369 g/mol. The van der Waals surface area contributed by atoms with Gasteiger partial charge in [-0.1, -0.05) is 0 Å². The van der Waals surface area contributed by atoms with Gasteiger partial charge in [0, 0.05) is 66.9 Å². The van der Waals surface area contributed by atoms with Crippen LogP contribution in [-0.2, 0) is 13.0 Å². The summed E-state index contributed by atoms with van der Waals surface area (Å²) in [5.74, 6) is 0.652. The van der Waals surface area contributed by atoms with Gasteiger partial charge in [-0.3, -0.25) is 4.79 Å². The molecule has 0 unspecified atom stereocenters. The largest absolute Gasteiger partial charge is 0.351 e. The van der Waals surface area contributed by atoms with E-state index in [0.29, 0.717) is 17.6 Å². The lowest BCUT2D eigenvalue weighted by atomic mass is 9.96. The summed E-state index contributed by atoms with van der Waals surface area (Å²) < 4.78 is 13.5. The number of fused-ring (bicyclic) bond motifs is 2. The number of hydrogen-bond acceptors (Lipinski definition) is 4. The van der Waals surface area contributed by atoms with Crippen molar-refractivity contribution < 1.29 is 9.18 Å². The Balaban J connectivity index is 1.35. The number of piperidine rings is 1. The Morgan fingerprint density at radius 1 is 1.28 bits per heavy atom. The number of likely N-dealkylation sites (tertiary alicyclic amines) is 1. The van der Waals surface area contributed by atoms with Gasteiger partial charge in [0.25, 0.3) is 5.91 Å². The van der Waals surface area contributed by atoms with Gasteiger partial charge < -0.3 is 14.8 Å². The zero-order chi connectivity index (χ0) is 20.0. The molecule has 0 aliphatic carbocycles. The Morgan fingerprint density at radius 2 is 2.17 bits per heavy atom. The zero-order valence-corrected chi connectivity index (χ0v) is 16.5. The number of nitrogens with zero attached hydrogens (tertiary/aromatic N) is 4. The second-order valence-electron chi connectivity index (χ2n) is 8.19. The van der Waals surface area contributed by atoms with Crippen LogP contribution in [0.5, 0.6) is 0 Å². The molecular formula is C22H24FN5O. The molecule has 2 aliphatic rings. The van der Waals surface area contributed by atoms with Crippen LogP contribution in [0.4, 0.5) is 4.39 Å². The second kappa shape index (κ2) is 7.22. The van der Waals surface area contributed by atoms with Crippen LogP contribution in [-0.4, -0.2) is 57.3 Å². The summed E-state index contributed by atoms with van der Waals surface area (Å²) in [5.41, 5.74) is 3.62. The number of hydrogen-bond donors (Lipinski definition) is 1. The first-order valence-corrected chi connectivity index (χ1v) is 10.2. The molecule has 1 fully saturated rings. The zero-order valence-electron chi connectivity index (χ0n) is 16.5. The average Bonchev–Trinajstić information content (AvgIpc) is 3.16. The maximum absolute atomic E-state index is 13.5. The molecule has 2 aromatic heterocycles. The van der Waals surface area contributed by atoms with Crippen molar-refractivity contribution in [2.24, 2.45) is 0 Å². The van der Waals surface area contributed by atoms with E-state index < -0.39 is 0 Å². The van der Waals surface area contributed by atoms with Gasteiger partial charge in [-0.25, -0.2) is 14.4 Å². The van der Waals surface area contributed by atoms with E-state index in [2.05, 4.69) is 21.9 Å². The van der Waals surface area contributed by atoms with Crippen molar-refractivity contribution >= 4 is 16.8 Å². The highest BCUT2D eigenvalue weighted by molar-refractivity contribution is 5.98. The SMILES string of the molecule is CN1CCc2nc([C@H]3CCCN(C(=O)c4cc5cc(F)ccc5[nH]4)C3)ncc2C1. The van der Waals surface area contributed by atoms with Crippen LogP contribution in [0, 0.1) is 5.82 Å². The fourth-order valence-electron chi connectivity index (χ4n) is 4.43. The molecule has 5 rings (SSSR count). The number of nitrogens with one attached hydrogen (secondary N) is 1. The monoisotopic (exact) mass is 393 g/mol. The minimum atomic E-state index is -0.302. The summed E-state index contributed by atoms with van der Waals surface area (Å²) in [6, 6.07) is 6.24. The van der Waals surface area contributed by atoms with Gasteiger partial charge in [0.2, 0.25) is 0 Å². The van der Waals surface area contributed by atoms with Crippen LogP contribution >= 0.6 is 0 Å². The summed E-state index contributed by atoms with van der Waals surface area (Å²) in [6.45, 7) is 3.24. The van der Waals surface area contributed by atoms with Gasteiger partial charge in [0.15, 0.2) is 0 Å². The molecule has 1 atom stereocenters. The van der Waals surface area contributed by atoms with E-state index in [1.165, 1.54) is 17.7 Å². The summed E-state index contributed by atoms with van der Waals surface area (Å²) in [4.78, 5) is 29.8. The maximum atomic E-state index is 13.5. The smallest absolute Gasteiger partial charge is 0.270 e. The number of amides is 1. The van der Waals surface area contributed by atoms with Crippen LogP contribution < -0.4 is 0 Å². The van der Waals surface area contributed by atoms with Crippen molar-refractivity contribution in [2.45, 2.75) is 31.7 Å². The first kappa shape index (κ1) is 18.2. The number of rotatable bonds is 2. The lowest BCUT2D eigenvalue weighted by Crippen LogP contribution is -2.40. The first-order valence-electron chi connectivity index (χ1n) is 10.2. The predicted octanol–water partition coefficient (Wildman–Crippen LogP) is 3.10. The molecule has 0 radical (unpaired) electrons. The van der Waals surface area contributed by atoms with Crippen LogP contribution in [0.25, 0.3) is 10.9 Å². The molecule has 3 aromatic rings. The number of benzene rings is 1. The molecule has 2 aliphatic heterocycles. The van der Waals surface area contributed by atoms with Crippen molar-refractivity contribution in [3.05, 3.63) is 59.1 Å². The molecule has 1 aromatic carbocycles. The molecule has 4 heterocycles. The highest BCUT2D eigenvalue weighted by Gasteiger charge is 2.29. The summed E-state index contributed by atoms with van der Waals surface area (Å²) >= 11 is 0. The Bertz CT molecular complexity index is 1080. The quantitative estimate of drug-likeness (QED) is 0.727. The summed E-state index contributed by atoms with van der Waals surface area (Å²) in [5, 5.41) is 0.713. The molecule has 1 saturated heterocycles. The van der Waals surface area contributed by atoms with E-state index in [1.54, 1.807) is 12.1 Å². The number of H-pyrrole nitrogens is 1. The lowest BCUT2D eigenvalue weighted by molar-refractivity contribution is 0.0699. The molecule has 150 valence electrons. The Morgan fingerprint density at radius 3 is 3.07 bits per heavy atom. The van der Waals surface area contributed by atoms with Crippen molar-refractivity contribution in [2.75, 3.05) is 26.7 Å². The topological polar surface area (TPSA) is 65.1 Å². The third-order valence-electron chi connectivity index (χ3n) is 6.03. The average molecular weight is 393 g/mol. The van der Waals surface area contributed by atoms with Crippen LogP contribution in [0.15, 0.2) is 30.5 Å². The number of likely N-dealkylation sites (N-methyl/N-ethyl adjacent to an activating group) is 1. The van der Waals surface area contributed by atoms with Crippen LogP contribution in [0.1, 0.15) is 46.3 Å². The standard InChI is InChI=1S/C22H24FN5O/c1-27-8-6-19-16(12-27)11-24-21(26-19)14-3-2-7-28(13-14)22(29)20-10-15-9-17(23)4-5-18(15)25-20/h4-5,9-11,14,25H,2-3,6-8,12-13H2,1H3/t14-/m0/s1. The van der Waals surface area contributed by atoms with Crippen LogP contribution in [0.2, 0.25) is 0 Å². The van der Waals surface area contributed by atoms with E-state index in [9.17, 15) is 9.18 Å². The van der Waals surface area contributed by atoms with E-state index in [4.69, 9.17) is 4.98 Å². The number of aromatic amines is 1. The third-order valence-corrected chi connectivity index (χ3v) is 6.03. The molecule has 1 N–H and O–H groups in total. The highest BCUT2D eigenvalue weighted by Crippen LogP contribution is 2.27. The minimum Gasteiger partial charge on any atom is -0.351 e. The van der Waals surface area contributed by atoms with Gasteiger partial charge in [0.1, 0.15) is 17.3 Å². The van der Waals surface area contributed by atoms with Gasteiger partial charge in [-0.15, -0.1) is 0 Å². The van der Waals surface area contributed by atoms with Gasteiger partial charge in [-0.05, 0) is 44.2 Å². The Labute approximate surface area is 168 Å². The Kier molecular flexibility index (Phi) is 4.54. The summed E-state index contributed by atoms with van der Waals surface area (Å²) in [7, 11) is 2.11. The van der Waals surface area contributed by atoms with E-state index in [0.717, 1.165) is 55.9 Å². The number of carbonyl (C=O) groups excluding carboxylic acids is 1. The van der Waals surface area contributed by atoms with E-state index in [1.807, 2.05) is 11.1 Å². The minimum absolute atomic E-state index is 0.0501. The van der Waals surface area contributed by atoms with Crippen molar-refractivity contribution in [3.8, 4) is 0 Å². The first-order chi connectivity index (χ1) is 14.1. The molecule has 0 bridgehead atoms. The molecule has 6 nitrogen and oxygen atoms in total. The van der Waals surface area contributed by atoms with Crippen LogP contribution in [0.3, 0.4) is 0 Å². The second-order valence-corrected chi connectivity index (χ2v) is 8.19. The van der Waals surface area contributed by atoms with Gasteiger partial charge in [0.05, 0.1) is 0 Å². The van der Waals surface area contributed by atoms with Crippen molar-refractivity contribution in [1.29, 1.82) is 0 Å². The fraction of sp³-hybridized carbons (Fsp3) is 0.409. The number of halogens is 1. The fourth-order valence-corrected chi connectivity index (χ4v) is 4.43. The number of carbonyl (C=O) groups is 1. The van der Waals surface area contributed by atoms with Crippen molar-refractivity contribution in [1.82, 2.24) is 24.8 Å². The molecule has 0 spiro atoms. The highest BCUT2D eigenvalue weighted by atomic mass is 19.1. The molecule has 29 heavy (non-hydrogen) atoms. The normalized spacial score (nSPS) is 20.1. The maximum Gasteiger partial charge on any atom is 0.270 e. The predicted molar refractivity (Wildman–Crippen MR) is 108 cm³/mol. The number of aromatic nitrogens is 3. The lowest BCUT2D eigenvalue weighted by Gasteiger charge is -2.32. The Hall–Kier alpha value is -2.80. The van der Waals surface area contributed by atoms with E-state index >= 15 is 0 Å². The molecule has 7 heteroatoms. The van der Waals surface area contributed by atoms with Gasteiger partial charge >= 0.3 is 0 Å².